The van der Waals surface area contributed by atoms with E-state index in [0.29, 0.717) is 6.42 Å². The van der Waals surface area contributed by atoms with Crippen LogP contribution < -0.4 is 5.32 Å². The molecule has 4 heteroatoms. The van der Waals surface area contributed by atoms with Crippen LogP contribution in [0.25, 0.3) is 0 Å². The van der Waals surface area contributed by atoms with E-state index in [1.54, 1.807) is 6.08 Å². The van der Waals surface area contributed by atoms with Crippen LogP contribution in [0.3, 0.4) is 0 Å². The maximum atomic E-state index is 12.5. The van der Waals surface area contributed by atoms with Gasteiger partial charge in [-0.15, -0.1) is 0 Å². The molecule has 0 aliphatic carbocycles. The van der Waals surface area contributed by atoms with Crippen molar-refractivity contribution in [1.29, 1.82) is 0 Å². The normalized spacial score (nSPS) is 13.0. The summed E-state index contributed by atoms with van der Waals surface area (Å²) in [5.74, 6) is -0.0580. The number of amides is 1. The van der Waals surface area contributed by atoms with E-state index < -0.39 is 12.1 Å². The standard InChI is InChI=1S/C63H121NO3/c1-3-5-7-9-11-13-15-17-19-21-23-25-27-29-31-32-33-35-37-39-41-43-45-47-49-51-53-55-57-59-63(67)64-61(60-65)62(66)58-56-54-52-50-48-46-44-42-40-38-36-34-30-28-26-24-22-20-18-16-14-12-10-8-6-4-2/h15,17,21,23,56,58,61-62,65-66H,3-14,16,18-20,22,24-55,57,59-60H2,1-2H3,(H,64,67)/b17-15-,23-21-,58-56+. The first-order valence-corrected chi connectivity index (χ1v) is 30.7. The molecule has 0 aromatic carbocycles. The lowest BCUT2D eigenvalue weighted by Gasteiger charge is -2.20. The van der Waals surface area contributed by atoms with E-state index in [-0.39, 0.29) is 12.5 Å². The second-order valence-electron chi connectivity index (χ2n) is 21.1. The van der Waals surface area contributed by atoms with Crippen LogP contribution in [0.15, 0.2) is 36.5 Å². The fraction of sp³-hybridized carbons (Fsp3) is 0.889. The molecule has 2 unspecified atom stereocenters. The number of aliphatic hydroxyl groups is 2. The van der Waals surface area contributed by atoms with Crippen molar-refractivity contribution in [2.75, 3.05) is 6.61 Å². The van der Waals surface area contributed by atoms with E-state index >= 15 is 0 Å². The predicted octanol–water partition coefficient (Wildman–Crippen LogP) is 20.4. The predicted molar refractivity (Wildman–Crippen MR) is 299 cm³/mol. The maximum Gasteiger partial charge on any atom is 0.220 e. The molecule has 0 saturated carbocycles. The van der Waals surface area contributed by atoms with Crippen molar-refractivity contribution < 1.29 is 15.0 Å². The van der Waals surface area contributed by atoms with Crippen molar-refractivity contribution in [3.8, 4) is 0 Å². The van der Waals surface area contributed by atoms with E-state index in [9.17, 15) is 15.0 Å². The molecule has 2 atom stereocenters. The molecule has 0 aromatic heterocycles. The number of aliphatic hydroxyl groups excluding tert-OH is 2. The van der Waals surface area contributed by atoms with Crippen LogP contribution in [0, 0.1) is 0 Å². The fourth-order valence-electron chi connectivity index (χ4n) is 9.68. The molecular formula is C63H121NO3. The van der Waals surface area contributed by atoms with Gasteiger partial charge in [-0.1, -0.05) is 320 Å². The number of hydrogen-bond acceptors (Lipinski definition) is 3. The third-order valence-electron chi connectivity index (χ3n) is 14.4. The molecule has 0 heterocycles. The molecule has 67 heavy (non-hydrogen) atoms. The number of rotatable bonds is 57. The van der Waals surface area contributed by atoms with Gasteiger partial charge in [-0.05, 0) is 51.4 Å². The van der Waals surface area contributed by atoms with Gasteiger partial charge in [-0.25, -0.2) is 0 Å². The van der Waals surface area contributed by atoms with Crippen LogP contribution in [0.5, 0.6) is 0 Å². The van der Waals surface area contributed by atoms with Gasteiger partial charge < -0.3 is 15.5 Å². The summed E-state index contributed by atoms with van der Waals surface area (Å²) in [5.41, 5.74) is 0. The first-order valence-electron chi connectivity index (χ1n) is 30.7. The van der Waals surface area contributed by atoms with Crippen molar-refractivity contribution >= 4 is 5.91 Å². The number of nitrogens with one attached hydrogen (secondary N) is 1. The molecule has 0 radical (unpaired) electrons. The van der Waals surface area contributed by atoms with Gasteiger partial charge in [0.25, 0.3) is 0 Å². The molecule has 0 spiro atoms. The Morgan fingerprint density at radius 1 is 0.358 bits per heavy atom. The molecule has 0 aliphatic rings. The van der Waals surface area contributed by atoms with Gasteiger partial charge in [0.1, 0.15) is 0 Å². The number of allylic oxidation sites excluding steroid dienone is 5. The van der Waals surface area contributed by atoms with Gasteiger partial charge in [0.15, 0.2) is 0 Å². The third-order valence-corrected chi connectivity index (χ3v) is 14.4. The number of unbranched alkanes of at least 4 members (excludes halogenated alkanes) is 46. The van der Waals surface area contributed by atoms with Gasteiger partial charge in [0.05, 0.1) is 18.8 Å². The molecular weight excluding hydrogens is 819 g/mol. The highest BCUT2D eigenvalue weighted by Gasteiger charge is 2.18. The number of carbonyl (C=O) groups is 1. The Kier molecular flexibility index (Phi) is 57.7. The lowest BCUT2D eigenvalue weighted by Crippen LogP contribution is -2.45. The van der Waals surface area contributed by atoms with Crippen LogP contribution in [-0.4, -0.2) is 34.9 Å². The molecule has 4 nitrogen and oxygen atoms in total. The molecule has 0 aromatic rings. The highest BCUT2D eigenvalue weighted by Crippen LogP contribution is 2.18. The SMILES string of the molecule is CCCCCCC/C=C\C/C=C\CCCCCCCCCCCCCCCCCCCC(=O)NC(CO)C(O)/C=C/CCCCCCCCCCCCCCCCCCCCCCCCCC. The first kappa shape index (κ1) is 65.6. The summed E-state index contributed by atoms with van der Waals surface area (Å²) in [6.07, 6.45) is 80.4. The largest absolute Gasteiger partial charge is 0.394 e. The highest BCUT2D eigenvalue weighted by molar-refractivity contribution is 5.76. The molecule has 396 valence electrons. The average molecular weight is 941 g/mol. The topological polar surface area (TPSA) is 69.6 Å². The Morgan fingerprint density at radius 3 is 0.896 bits per heavy atom. The summed E-state index contributed by atoms with van der Waals surface area (Å²) in [6.45, 7) is 4.34. The lowest BCUT2D eigenvalue weighted by molar-refractivity contribution is -0.123. The van der Waals surface area contributed by atoms with Crippen LogP contribution >= 0.6 is 0 Å². The molecule has 0 bridgehead atoms. The Morgan fingerprint density at radius 2 is 0.612 bits per heavy atom. The van der Waals surface area contributed by atoms with E-state index in [2.05, 4.69) is 43.5 Å². The van der Waals surface area contributed by atoms with E-state index in [1.165, 1.54) is 289 Å². The van der Waals surface area contributed by atoms with E-state index in [1.807, 2.05) is 6.08 Å². The lowest BCUT2D eigenvalue weighted by atomic mass is 10.0. The Balaban J connectivity index is 3.45. The summed E-state index contributed by atoms with van der Waals surface area (Å²) in [7, 11) is 0. The highest BCUT2D eigenvalue weighted by atomic mass is 16.3. The molecule has 1 amide bonds. The molecule has 0 rings (SSSR count). The monoisotopic (exact) mass is 940 g/mol. The summed E-state index contributed by atoms with van der Waals surface area (Å²) in [4.78, 5) is 12.5. The van der Waals surface area contributed by atoms with Crippen molar-refractivity contribution in [3.63, 3.8) is 0 Å². The van der Waals surface area contributed by atoms with Gasteiger partial charge in [0, 0.05) is 6.42 Å². The zero-order chi connectivity index (χ0) is 48.5. The van der Waals surface area contributed by atoms with E-state index in [4.69, 9.17) is 0 Å². The summed E-state index contributed by atoms with van der Waals surface area (Å²) >= 11 is 0. The minimum atomic E-state index is -0.839. The Bertz CT molecular complexity index is 1020. The summed E-state index contributed by atoms with van der Waals surface area (Å²) < 4.78 is 0. The zero-order valence-corrected chi connectivity index (χ0v) is 45.7. The van der Waals surface area contributed by atoms with Gasteiger partial charge in [0.2, 0.25) is 5.91 Å². The van der Waals surface area contributed by atoms with Crippen molar-refractivity contribution in [3.05, 3.63) is 36.5 Å². The Labute approximate surface area is 421 Å². The van der Waals surface area contributed by atoms with Gasteiger partial charge in [-0.2, -0.15) is 0 Å². The summed E-state index contributed by atoms with van der Waals surface area (Å²) in [6, 6.07) is -0.622. The molecule has 0 aliphatic heterocycles. The van der Waals surface area contributed by atoms with Gasteiger partial charge >= 0.3 is 0 Å². The molecule has 3 N–H and O–H groups in total. The van der Waals surface area contributed by atoms with Gasteiger partial charge in [-0.3, -0.25) is 4.79 Å². The quantitative estimate of drug-likeness (QED) is 0.0420. The molecule has 0 saturated heterocycles. The number of carbonyl (C=O) groups excluding carboxylic acids is 1. The fourth-order valence-corrected chi connectivity index (χ4v) is 9.68. The summed E-state index contributed by atoms with van der Waals surface area (Å²) in [5, 5.41) is 23.2. The second kappa shape index (κ2) is 58.9. The van der Waals surface area contributed by atoms with Crippen molar-refractivity contribution in [1.82, 2.24) is 5.32 Å². The van der Waals surface area contributed by atoms with Crippen molar-refractivity contribution in [2.24, 2.45) is 0 Å². The zero-order valence-electron chi connectivity index (χ0n) is 45.7. The second-order valence-corrected chi connectivity index (χ2v) is 21.1. The maximum absolute atomic E-state index is 12.5. The van der Waals surface area contributed by atoms with Crippen LogP contribution in [0.2, 0.25) is 0 Å². The number of hydrogen-bond donors (Lipinski definition) is 3. The first-order chi connectivity index (χ1) is 33.2. The average Bonchev–Trinajstić information content (AvgIpc) is 3.33. The van der Waals surface area contributed by atoms with Crippen molar-refractivity contribution in [2.45, 2.75) is 353 Å². The van der Waals surface area contributed by atoms with Crippen LogP contribution in [0.4, 0.5) is 0 Å². The minimum absolute atomic E-state index is 0.0580. The van der Waals surface area contributed by atoms with Crippen LogP contribution in [-0.2, 0) is 4.79 Å². The van der Waals surface area contributed by atoms with Crippen LogP contribution in [0.1, 0.15) is 341 Å². The van der Waals surface area contributed by atoms with E-state index in [0.717, 1.165) is 32.1 Å². The Hall–Kier alpha value is -1.39. The smallest absolute Gasteiger partial charge is 0.220 e. The molecule has 0 fully saturated rings. The minimum Gasteiger partial charge on any atom is -0.394 e. The third kappa shape index (κ3) is 55.4.